The Bertz CT molecular complexity index is 581. The maximum Gasteiger partial charge on any atom is 0.319 e. The Morgan fingerprint density at radius 2 is 1.90 bits per heavy atom. The molecule has 20 heavy (non-hydrogen) atoms. The Hall–Kier alpha value is -1.94. The van der Waals surface area contributed by atoms with Gasteiger partial charge >= 0.3 is 6.03 Å². The SMILES string of the molecule is CSc1cccc(NC(=O)NCc2ccc(C)cc2)c1. The predicted molar refractivity (Wildman–Crippen MR) is 85.3 cm³/mol. The van der Waals surface area contributed by atoms with E-state index >= 15 is 0 Å². The Morgan fingerprint density at radius 3 is 2.60 bits per heavy atom. The summed E-state index contributed by atoms with van der Waals surface area (Å²) in [6, 6.07) is 15.7. The van der Waals surface area contributed by atoms with Crippen LogP contribution in [0.4, 0.5) is 10.5 Å². The first-order valence-electron chi connectivity index (χ1n) is 6.42. The molecule has 2 amide bonds. The van der Waals surface area contributed by atoms with Gasteiger partial charge in [-0.05, 0) is 36.9 Å². The molecule has 2 N–H and O–H groups in total. The van der Waals surface area contributed by atoms with E-state index in [2.05, 4.69) is 10.6 Å². The zero-order valence-corrected chi connectivity index (χ0v) is 12.5. The molecule has 0 saturated heterocycles. The highest BCUT2D eigenvalue weighted by atomic mass is 32.2. The molecule has 2 aromatic rings. The van der Waals surface area contributed by atoms with Crippen LogP contribution in [-0.2, 0) is 6.54 Å². The van der Waals surface area contributed by atoms with Gasteiger partial charge in [-0.1, -0.05) is 35.9 Å². The molecule has 0 aromatic heterocycles. The molecule has 3 nitrogen and oxygen atoms in total. The molecule has 0 aliphatic heterocycles. The van der Waals surface area contributed by atoms with Crippen LogP contribution in [0.1, 0.15) is 11.1 Å². The summed E-state index contributed by atoms with van der Waals surface area (Å²) in [6.07, 6.45) is 2.01. The number of hydrogen-bond donors (Lipinski definition) is 2. The standard InChI is InChI=1S/C16H18N2OS/c1-12-6-8-13(9-7-12)11-17-16(19)18-14-4-3-5-15(10-14)20-2/h3-10H,11H2,1-2H3,(H2,17,18,19). The van der Waals surface area contributed by atoms with E-state index in [1.54, 1.807) is 11.8 Å². The van der Waals surface area contributed by atoms with Gasteiger partial charge in [0.05, 0.1) is 0 Å². The molecule has 0 saturated carbocycles. The van der Waals surface area contributed by atoms with E-state index in [4.69, 9.17) is 0 Å². The van der Waals surface area contributed by atoms with Gasteiger partial charge in [0, 0.05) is 17.1 Å². The summed E-state index contributed by atoms with van der Waals surface area (Å²) < 4.78 is 0. The Balaban J connectivity index is 1.87. The average molecular weight is 286 g/mol. The highest BCUT2D eigenvalue weighted by Crippen LogP contribution is 2.18. The number of carbonyl (C=O) groups excluding carboxylic acids is 1. The highest BCUT2D eigenvalue weighted by molar-refractivity contribution is 7.98. The molecule has 2 aromatic carbocycles. The Labute approximate surface area is 123 Å². The summed E-state index contributed by atoms with van der Waals surface area (Å²) in [7, 11) is 0. The second kappa shape index (κ2) is 7.01. The lowest BCUT2D eigenvalue weighted by atomic mass is 10.1. The minimum atomic E-state index is -0.191. The van der Waals surface area contributed by atoms with Crippen LogP contribution in [0.2, 0.25) is 0 Å². The van der Waals surface area contributed by atoms with Crippen LogP contribution in [-0.4, -0.2) is 12.3 Å². The molecule has 0 unspecified atom stereocenters. The molecule has 0 aliphatic carbocycles. The molecular weight excluding hydrogens is 268 g/mol. The summed E-state index contributed by atoms with van der Waals surface area (Å²) in [5, 5.41) is 5.68. The van der Waals surface area contributed by atoms with E-state index < -0.39 is 0 Å². The largest absolute Gasteiger partial charge is 0.334 e. The summed E-state index contributed by atoms with van der Waals surface area (Å²) >= 11 is 1.65. The summed E-state index contributed by atoms with van der Waals surface area (Å²) in [5.74, 6) is 0. The maximum atomic E-state index is 11.8. The average Bonchev–Trinajstić information content (AvgIpc) is 2.47. The third-order valence-electron chi connectivity index (χ3n) is 2.90. The van der Waals surface area contributed by atoms with Crippen LogP contribution in [0, 0.1) is 6.92 Å². The van der Waals surface area contributed by atoms with E-state index in [0.29, 0.717) is 6.54 Å². The zero-order valence-electron chi connectivity index (χ0n) is 11.6. The van der Waals surface area contributed by atoms with E-state index in [1.165, 1.54) is 5.56 Å². The van der Waals surface area contributed by atoms with Gasteiger partial charge in [-0.25, -0.2) is 4.79 Å². The van der Waals surface area contributed by atoms with Crippen LogP contribution >= 0.6 is 11.8 Å². The number of anilines is 1. The second-order valence-electron chi connectivity index (χ2n) is 4.53. The van der Waals surface area contributed by atoms with E-state index in [-0.39, 0.29) is 6.03 Å². The topological polar surface area (TPSA) is 41.1 Å². The fourth-order valence-corrected chi connectivity index (χ4v) is 2.22. The fraction of sp³-hybridized carbons (Fsp3) is 0.188. The van der Waals surface area contributed by atoms with Crippen LogP contribution in [0.15, 0.2) is 53.4 Å². The molecule has 0 heterocycles. The number of carbonyl (C=O) groups is 1. The van der Waals surface area contributed by atoms with Gasteiger partial charge in [0.1, 0.15) is 0 Å². The Morgan fingerprint density at radius 1 is 1.15 bits per heavy atom. The molecule has 0 spiro atoms. The normalized spacial score (nSPS) is 10.1. The predicted octanol–water partition coefficient (Wildman–Crippen LogP) is 4.04. The van der Waals surface area contributed by atoms with Gasteiger partial charge in [-0.2, -0.15) is 0 Å². The summed E-state index contributed by atoms with van der Waals surface area (Å²) in [6.45, 7) is 2.57. The van der Waals surface area contributed by atoms with Gasteiger partial charge in [-0.3, -0.25) is 0 Å². The van der Waals surface area contributed by atoms with Crippen molar-refractivity contribution < 1.29 is 4.79 Å². The van der Waals surface area contributed by atoms with Crippen molar-refractivity contribution in [3.8, 4) is 0 Å². The highest BCUT2D eigenvalue weighted by Gasteiger charge is 2.02. The van der Waals surface area contributed by atoms with Crippen molar-refractivity contribution in [1.82, 2.24) is 5.32 Å². The minimum Gasteiger partial charge on any atom is -0.334 e. The second-order valence-corrected chi connectivity index (χ2v) is 5.40. The van der Waals surface area contributed by atoms with Gasteiger partial charge in [0.25, 0.3) is 0 Å². The van der Waals surface area contributed by atoms with E-state index in [0.717, 1.165) is 16.1 Å². The number of benzene rings is 2. The number of aryl methyl sites for hydroxylation is 1. The maximum absolute atomic E-state index is 11.8. The lowest BCUT2D eigenvalue weighted by Crippen LogP contribution is -2.28. The monoisotopic (exact) mass is 286 g/mol. The number of hydrogen-bond acceptors (Lipinski definition) is 2. The minimum absolute atomic E-state index is 0.191. The lowest BCUT2D eigenvalue weighted by Gasteiger charge is -2.08. The molecule has 4 heteroatoms. The molecule has 2 rings (SSSR count). The van der Waals surface area contributed by atoms with Crippen LogP contribution in [0.5, 0.6) is 0 Å². The molecule has 0 radical (unpaired) electrons. The van der Waals surface area contributed by atoms with Crippen molar-refractivity contribution >= 4 is 23.5 Å². The molecule has 0 atom stereocenters. The smallest absolute Gasteiger partial charge is 0.319 e. The zero-order chi connectivity index (χ0) is 14.4. The number of rotatable bonds is 4. The molecule has 0 fully saturated rings. The number of nitrogens with one attached hydrogen (secondary N) is 2. The van der Waals surface area contributed by atoms with Gasteiger partial charge < -0.3 is 10.6 Å². The van der Waals surface area contributed by atoms with E-state index in [9.17, 15) is 4.79 Å². The summed E-state index contributed by atoms with van der Waals surface area (Å²) in [4.78, 5) is 12.9. The molecule has 0 aliphatic rings. The third-order valence-corrected chi connectivity index (χ3v) is 3.63. The van der Waals surface area contributed by atoms with Crippen LogP contribution in [0.3, 0.4) is 0 Å². The van der Waals surface area contributed by atoms with Crippen LogP contribution < -0.4 is 10.6 Å². The van der Waals surface area contributed by atoms with Gasteiger partial charge in [0.2, 0.25) is 0 Å². The number of urea groups is 1. The molecule has 104 valence electrons. The summed E-state index contributed by atoms with van der Waals surface area (Å²) in [5.41, 5.74) is 3.11. The van der Waals surface area contributed by atoms with Crippen LogP contribution in [0.25, 0.3) is 0 Å². The molecular formula is C16H18N2OS. The first kappa shape index (κ1) is 14.5. The van der Waals surface area contributed by atoms with E-state index in [1.807, 2.05) is 61.7 Å². The first-order valence-corrected chi connectivity index (χ1v) is 7.64. The lowest BCUT2D eigenvalue weighted by molar-refractivity contribution is 0.251. The molecule has 0 bridgehead atoms. The fourth-order valence-electron chi connectivity index (χ4n) is 1.76. The van der Waals surface area contributed by atoms with Crippen molar-refractivity contribution in [3.05, 3.63) is 59.7 Å². The number of amides is 2. The number of thioether (sulfide) groups is 1. The van der Waals surface area contributed by atoms with Crippen molar-refractivity contribution in [2.45, 2.75) is 18.4 Å². The quantitative estimate of drug-likeness (QED) is 0.833. The first-order chi connectivity index (χ1) is 9.67. The van der Waals surface area contributed by atoms with Crippen molar-refractivity contribution in [1.29, 1.82) is 0 Å². The Kier molecular flexibility index (Phi) is 5.07. The van der Waals surface area contributed by atoms with Gasteiger partial charge in [0.15, 0.2) is 0 Å². The van der Waals surface area contributed by atoms with Crippen molar-refractivity contribution in [3.63, 3.8) is 0 Å². The van der Waals surface area contributed by atoms with Crippen molar-refractivity contribution in [2.75, 3.05) is 11.6 Å². The van der Waals surface area contributed by atoms with Gasteiger partial charge in [-0.15, -0.1) is 11.8 Å². The van der Waals surface area contributed by atoms with Crippen molar-refractivity contribution in [2.24, 2.45) is 0 Å². The third kappa shape index (κ3) is 4.31.